The zero-order valence-electron chi connectivity index (χ0n) is 5.92. The van der Waals surface area contributed by atoms with Gasteiger partial charge < -0.3 is 15.7 Å². The van der Waals surface area contributed by atoms with Crippen LogP contribution < -0.4 is 10.6 Å². The van der Waals surface area contributed by atoms with E-state index in [0.29, 0.717) is 0 Å². The van der Waals surface area contributed by atoms with Crippen molar-refractivity contribution in [3.63, 3.8) is 0 Å². The second-order valence-corrected chi connectivity index (χ2v) is 2.59. The van der Waals surface area contributed by atoms with Gasteiger partial charge in [-0.15, -0.1) is 0 Å². The van der Waals surface area contributed by atoms with Gasteiger partial charge in [0.15, 0.2) is 0 Å². The maximum atomic E-state index is 10.2. The predicted molar refractivity (Wildman–Crippen MR) is 37.0 cm³/mol. The van der Waals surface area contributed by atoms with Crippen LogP contribution in [-0.4, -0.2) is 29.8 Å². The highest BCUT2D eigenvalue weighted by atomic mass is 16.4. The number of nitrogens with one attached hydrogen (secondary N) is 2. The van der Waals surface area contributed by atoms with Crippen LogP contribution in [0.3, 0.4) is 0 Å². The quantitative estimate of drug-likeness (QED) is 0.485. The number of amides is 1. The summed E-state index contributed by atoms with van der Waals surface area (Å²) in [6, 6.07) is 0.369. The van der Waals surface area contributed by atoms with E-state index in [0.717, 1.165) is 13.0 Å². The van der Waals surface area contributed by atoms with Crippen LogP contribution in [0.2, 0.25) is 0 Å². The summed E-state index contributed by atoms with van der Waals surface area (Å²) < 4.78 is 0. The van der Waals surface area contributed by atoms with E-state index < -0.39 is 6.09 Å². The molecule has 1 unspecified atom stereocenters. The summed E-state index contributed by atoms with van der Waals surface area (Å²) in [6.45, 7) is 2.89. The average molecular weight is 144 g/mol. The van der Waals surface area contributed by atoms with Crippen molar-refractivity contribution in [3.8, 4) is 0 Å². The van der Waals surface area contributed by atoms with Gasteiger partial charge >= 0.3 is 6.09 Å². The van der Waals surface area contributed by atoms with Crippen molar-refractivity contribution in [2.24, 2.45) is 0 Å². The van der Waals surface area contributed by atoms with E-state index in [4.69, 9.17) is 5.11 Å². The summed E-state index contributed by atoms with van der Waals surface area (Å²) >= 11 is 0. The minimum Gasteiger partial charge on any atom is -0.465 e. The molecule has 1 heterocycles. The fourth-order valence-electron chi connectivity index (χ4n) is 1.21. The largest absolute Gasteiger partial charge is 0.465 e. The third-order valence-electron chi connectivity index (χ3n) is 1.83. The molecule has 3 N–H and O–H groups in total. The van der Waals surface area contributed by atoms with Crippen molar-refractivity contribution in [1.82, 2.24) is 10.6 Å². The van der Waals surface area contributed by atoms with Gasteiger partial charge in [0.05, 0.1) is 0 Å². The van der Waals surface area contributed by atoms with Gasteiger partial charge in [-0.1, -0.05) is 0 Å². The van der Waals surface area contributed by atoms with Gasteiger partial charge in [0.2, 0.25) is 0 Å². The Morgan fingerprint density at radius 1 is 1.80 bits per heavy atom. The smallest absolute Gasteiger partial charge is 0.404 e. The molecular formula is C6H12N2O2. The Morgan fingerprint density at radius 2 is 2.50 bits per heavy atom. The molecule has 0 saturated carbocycles. The van der Waals surface area contributed by atoms with Gasteiger partial charge in [0.1, 0.15) is 0 Å². The highest BCUT2D eigenvalue weighted by molar-refractivity contribution is 5.65. The first-order chi connectivity index (χ1) is 4.70. The minimum atomic E-state index is -0.930. The van der Waals surface area contributed by atoms with E-state index in [1.54, 1.807) is 0 Å². The molecule has 1 fully saturated rings. The van der Waals surface area contributed by atoms with Crippen LogP contribution in [0, 0.1) is 0 Å². The van der Waals surface area contributed by atoms with E-state index in [-0.39, 0.29) is 12.1 Å². The van der Waals surface area contributed by atoms with Crippen LogP contribution in [0.15, 0.2) is 0 Å². The number of hydrogen-bond donors (Lipinski definition) is 3. The molecule has 0 aromatic rings. The Kier molecular flexibility index (Phi) is 2.11. The summed E-state index contributed by atoms with van der Waals surface area (Å²) in [5.41, 5.74) is 0. The Balaban J connectivity index is 2.33. The molecule has 0 bridgehead atoms. The van der Waals surface area contributed by atoms with Gasteiger partial charge in [-0.25, -0.2) is 4.79 Å². The first-order valence-corrected chi connectivity index (χ1v) is 3.43. The van der Waals surface area contributed by atoms with Crippen molar-refractivity contribution >= 4 is 6.09 Å². The molecule has 0 aliphatic carbocycles. The number of rotatable bonds is 1. The Hall–Kier alpha value is -0.770. The minimum absolute atomic E-state index is 0.0949. The van der Waals surface area contributed by atoms with Gasteiger partial charge in [0, 0.05) is 12.1 Å². The molecule has 10 heavy (non-hydrogen) atoms. The first-order valence-electron chi connectivity index (χ1n) is 3.43. The van der Waals surface area contributed by atoms with Crippen molar-refractivity contribution < 1.29 is 9.90 Å². The number of carbonyl (C=O) groups is 1. The fraction of sp³-hybridized carbons (Fsp3) is 0.833. The van der Waals surface area contributed by atoms with Crippen molar-refractivity contribution in [2.75, 3.05) is 6.54 Å². The number of hydrogen-bond acceptors (Lipinski definition) is 2. The Labute approximate surface area is 59.6 Å². The molecule has 4 heteroatoms. The molecule has 1 amide bonds. The monoisotopic (exact) mass is 144 g/mol. The SMILES string of the molecule is CC1NCC[C@H]1NC(=O)O. The molecular weight excluding hydrogens is 132 g/mol. The van der Waals surface area contributed by atoms with E-state index in [1.165, 1.54) is 0 Å². The molecule has 0 aromatic carbocycles. The molecule has 58 valence electrons. The maximum Gasteiger partial charge on any atom is 0.404 e. The summed E-state index contributed by atoms with van der Waals surface area (Å²) in [6.07, 6.45) is -0.0337. The van der Waals surface area contributed by atoms with Gasteiger partial charge in [-0.05, 0) is 19.9 Å². The molecule has 4 nitrogen and oxygen atoms in total. The summed E-state index contributed by atoms with van der Waals surface area (Å²) in [7, 11) is 0. The van der Waals surface area contributed by atoms with Crippen LogP contribution in [0.5, 0.6) is 0 Å². The normalized spacial score (nSPS) is 32.1. The van der Waals surface area contributed by atoms with Crippen LogP contribution in [0.25, 0.3) is 0 Å². The molecule has 2 atom stereocenters. The highest BCUT2D eigenvalue weighted by Crippen LogP contribution is 2.04. The van der Waals surface area contributed by atoms with Crippen LogP contribution in [0.4, 0.5) is 4.79 Å². The van der Waals surface area contributed by atoms with Crippen LogP contribution in [0.1, 0.15) is 13.3 Å². The average Bonchev–Trinajstić information content (AvgIpc) is 2.15. The van der Waals surface area contributed by atoms with E-state index >= 15 is 0 Å². The predicted octanol–water partition coefficient (Wildman–Crippen LogP) is 0.00440. The van der Waals surface area contributed by atoms with E-state index in [1.807, 2.05) is 6.92 Å². The standard InChI is InChI=1S/C6H12N2O2/c1-4-5(2-3-7-4)8-6(9)10/h4-5,7-8H,2-3H2,1H3,(H,9,10)/t4?,5-/m1/s1. The lowest BCUT2D eigenvalue weighted by atomic mass is 10.1. The molecule has 1 saturated heterocycles. The molecule has 1 aliphatic heterocycles. The fourth-order valence-corrected chi connectivity index (χ4v) is 1.21. The lowest BCUT2D eigenvalue weighted by molar-refractivity contribution is 0.189. The first kappa shape index (κ1) is 7.34. The number of carboxylic acid groups (broad SMARTS) is 1. The molecule has 0 spiro atoms. The second kappa shape index (κ2) is 2.88. The van der Waals surface area contributed by atoms with Crippen LogP contribution in [-0.2, 0) is 0 Å². The zero-order chi connectivity index (χ0) is 7.56. The van der Waals surface area contributed by atoms with Gasteiger partial charge in [-0.3, -0.25) is 0 Å². The topological polar surface area (TPSA) is 61.4 Å². The van der Waals surface area contributed by atoms with Crippen molar-refractivity contribution in [3.05, 3.63) is 0 Å². The Morgan fingerprint density at radius 3 is 2.90 bits per heavy atom. The summed E-state index contributed by atoms with van der Waals surface area (Å²) in [4.78, 5) is 10.2. The summed E-state index contributed by atoms with van der Waals surface area (Å²) in [5.74, 6) is 0. The Bertz CT molecular complexity index is 138. The van der Waals surface area contributed by atoms with Crippen LogP contribution >= 0.6 is 0 Å². The molecule has 0 aromatic heterocycles. The lowest BCUT2D eigenvalue weighted by Gasteiger charge is -2.13. The molecule has 0 radical (unpaired) electrons. The van der Waals surface area contributed by atoms with E-state index in [2.05, 4.69) is 10.6 Å². The molecule has 1 aliphatic rings. The maximum absolute atomic E-state index is 10.2. The van der Waals surface area contributed by atoms with Crippen molar-refractivity contribution in [2.45, 2.75) is 25.4 Å². The second-order valence-electron chi connectivity index (χ2n) is 2.59. The van der Waals surface area contributed by atoms with E-state index in [9.17, 15) is 4.79 Å². The highest BCUT2D eigenvalue weighted by Gasteiger charge is 2.23. The zero-order valence-corrected chi connectivity index (χ0v) is 5.92. The summed E-state index contributed by atoms with van der Waals surface area (Å²) in [5, 5.41) is 13.9. The van der Waals surface area contributed by atoms with Crippen molar-refractivity contribution in [1.29, 1.82) is 0 Å². The van der Waals surface area contributed by atoms with Gasteiger partial charge in [0.25, 0.3) is 0 Å². The lowest BCUT2D eigenvalue weighted by Crippen LogP contribution is -2.40. The third kappa shape index (κ3) is 1.60. The third-order valence-corrected chi connectivity index (χ3v) is 1.83. The molecule has 1 rings (SSSR count). The van der Waals surface area contributed by atoms with Gasteiger partial charge in [-0.2, -0.15) is 0 Å².